The first-order chi connectivity index (χ1) is 12.2. The topological polar surface area (TPSA) is 39.4 Å². The number of hydrogen-bond donors (Lipinski definition) is 0. The van der Waals surface area contributed by atoms with Crippen molar-refractivity contribution in [3.8, 4) is 11.1 Å². The van der Waals surface area contributed by atoms with Gasteiger partial charge in [0.2, 0.25) is 0 Å². The number of rotatable bonds is 3. The number of carbonyl (C=O) groups is 1. The molecule has 0 unspecified atom stereocenters. The molecule has 0 aliphatic heterocycles. The van der Waals surface area contributed by atoms with Gasteiger partial charge in [0.15, 0.2) is 0 Å². The first-order valence-corrected chi connectivity index (χ1v) is 8.38. The summed E-state index contributed by atoms with van der Waals surface area (Å²) in [5.74, 6) is -0.320. The second-order valence-corrected chi connectivity index (χ2v) is 5.98. The van der Waals surface area contributed by atoms with Crippen molar-refractivity contribution in [1.29, 1.82) is 0 Å². The molecule has 124 valence electrons. The van der Waals surface area contributed by atoms with Gasteiger partial charge in [0.05, 0.1) is 12.2 Å². The molecule has 0 spiro atoms. The van der Waals surface area contributed by atoms with Gasteiger partial charge in [-0.3, -0.25) is 0 Å². The highest BCUT2D eigenvalue weighted by molar-refractivity contribution is 6.15. The van der Waals surface area contributed by atoms with Crippen LogP contribution in [0.3, 0.4) is 0 Å². The van der Waals surface area contributed by atoms with Gasteiger partial charge in [-0.25, -0.2) is 4.79 Å². The normalized spacial score (nSPS) is 11.1. The van der Waals surface area contributed by atoms with Crippen LogP contribution in [0.25, 0.3) is 33.1 Å². The molecular formula is C22H18O3. The number of benzene rings is 3. The molecule has 3 nitrogen and oxygen atoms in total. The third-order valence-electron chi connectivity index (χ3n) is 4.48. The molecule has 0 fully saturated rings. The van der Waals surface area contributed by atoms with Gasteiger partial charge in [0.25, 0.3) is 0 Å². The van der Waals surface area contributed by atoms with Crippen LogP contribution in [-0.4, -0.2) is 12.6 Å². The zero-order valence-corrected chi connectivity index (χ0v) is 14.2. The van der Waals surface area contributed by atoms with Crippen molar-refractivity contribution in [2.24, 2.45) is 0 Å². The standard InChI is InChI=1S/C22H18O3/c1-3-24-22(23)17-13-19-21(16-11-7-8-12-18(16)25-19)20(14(17)2)15-9-5-4-6-10-15/h4-13H,3H2,1-2H3. The summed E-state index contributed by atoms with van der Waals surface area (Å²) < 4.78 is 11.3. The molecule has 0 saturated heterocycles. The number of furan rings is 1. The van der Waals surface area contributed by atoms with E-state index >= 15 is 0 Å². The molecule has 4 aromatic rings. The van der Waals surface area contributed by atoms with Crippen LogP contribution in [0.15, 0.2) is 65.1 Å². The molecule has 0 aliphatic carbocycles. The van der Waals surface area contributed by atoms with Crippen molar-refractivity contribution in [2.45, 2.75) is 13.8 Å². The summed E-state index contributed by atoms with van der Waals surface area (Å²) in [5.41, 5.74) is 5.05. The summed E-state index contributed by atoms with van der Waals surface area (Å²) >= 11 is 0. The SMILES string of the molecule is CCOC(=O)c1cc2oc3ccccc3c2c(-c2ccccc2)c1C. The van der Waals surface area contributed by atoms with Crippen molar-refractivity contribution in [3.05, 3.63) is 71.8 Å². The van der Waals surface area contributed by atoms with E-state index in [1.165, 1.54) is 0 Å². The van der Waals surface area contributed by atoms with Crippen LogP contribution in [0.2, 0.25) is 0 Å². The summed E-state index contributed by atoms with van der Waals surface area (Å²) in [6.45, 7) is 4.12. The van der Waals surface area contributed by atoms with Crippen LogP contribution in [0.1, 0.15) is 22.8 Å². The van der Waals surface area contributed by atoms with Crippen molar-refractivity contribution in [1.82, 2.24) is 0 Å². The average Bonchev–Trinajstić information content (AvgIpc) is 3.00. The van der Waals surface area contributed by atoms with Crippen LogP contribution >= 0.6 is 0 Å². The fourth-order valence-electron chi connectivity index (χ4n) is 3.37. The number of esters is 1. The summed E-state index contributed by atoms with van der Waals surface area (Å²) in [4.78, 5) is 12.4. The van der Waals surface area contributed by atoms with E-state index in [0.29, 0.717) is 17.8 Å². The van der Waals surface area contributed by atoms with E-state index in [2.05, 4.69) is 18.2 Å². The van der Waals surface area contributed by atoms with E-state index in [4.69, 9.17) is 9.15 Å². The third kappa shape index (κ3) is 2.49. The van der Waals surface area contributed by atoms with Gasteiger partial charge in [-0.05, 0) is 42.7 Å². The molecule has 0 N–H and O–H groups in total. The Morgan fingerprint density at radius 2 is 1.72 bits per heavy atom. The van der Waals surface area contributed by atoms with Gasteiger partial charge in [-0.2, -0.15) is 0 Å². The van der Waals surface area contributed by atoms with Crippen LogP contribution in [0.5, 0.6) is 0 Å². The van der Waals surface area contributed by atoms with Crippen molar-refractivity contribution in [3.63, 3.8) is 0 Å². The maximum Gasteiger partial charge on any atom is 0.338 e. The predicted octanol–water partition coefficient (Wildman–Crippen LogP) is 5.74. The summed E-state index contributed by atoms with van der Waals surface area (Å²) in [6, 6.07) is 19.8. The van der Waals surface area contributed by atoms with Crippen LogP contribution < -0.4 is 0 Å². The van der Waals surface area contributed by atoms with E-state index in [0.717, 1.165) is 33.0 Å². The monoisotopic (exact) mass is 330 g/mol. The molecule has 3 heteroatoms. The van der Waals surface area contributed by atoms with Crippen LogP contribution in [-0.2, 0) is 4.74 Å². The van der Waals surface area contributed by atoms with Crippen LogP contribution in [0.4, 0.5) is 0 Å². The molecule has 1 aromatic heterocycles. The van der Waals surface area contributed by atoms with Gasteiger partial charge in [-0.1, -0.05) is 48.5 Å². The molecule has 0 bridgehead atoms. The van der Waals surface area contributed by atoms with Gasteiger partial charge in [0.1, 0.15) is 11.2 Å². The first-order valence-electron chi connectivity index (χ1n) is 8.38. The minimum absolute atomic E-state index is 0.320. The smallest absolute Gasteiger partial charge is 0.338 e. The quantitative estimate of drug-likeness (QED) is 0.450. The Hall–Kier alpha value is -3.07. The second-order valence-electron chi connectivity index (χ2n) is 5.98. The fourth-order valence-corrected chi connectivity index (χ4v) is 3.37. The second kappa shape index (κ2) is 6.10. The van der Waals surface area contributed by atoms with E-state index in [1.807, 2.05) is 50.2 Å². The molecular weight excluding hydrogens is 312 g/mol. The zero-order valence-electron chi connectivity index (χ0n) is 14.2. The summed E-state index contributed by atoms with van der Waals surface area (Å²) in [7, 11) is 0. The molecule has 0 radical (unpaired) electrons. The Morgan fingerprint density at radius 1 is 1.00 bits per heavy atom. The Morgan fingerprint density at radius 3 is 2.48 bits per heavy atom. The lowest BCUT2D eigenvalue weighted by atomic mass is 9.91. The van der Waals surface area contributed by atoms with Crippen molar-refractivity contribution >= 4 is 27.9 Å². The van der Waals surface area contributed by atoms with Crippen molar-refractivity contribution < 1.29 is 13.9 Å². The fraction of sp³-hybridized carbons (Fsp3) is 0.136. The molecule has 1 heterocycles. The summed E-state index contributed by atoms with van der Waals surface area (Å²) in [5, 5.41) is 2.09. The lowest BCUT2D eigenvalue weighted by Crippen LogP contribution is -2.07. The van der Waals surface area contributed by atoms with Gasteiger partial charge < -0.3 is 9.15 Å². The minimum Gasteiger partial charge on any atom is -0.462 e. The third-order valence-corrected chi connectivity index (χ3v) is 4.48. The number of hydrogen-bond acceptors (Lipinski definition) is 3. The predicted molar refractivity (Wildman–Crippen MR) is 99.8 cm³/mol. The van der Waals surface area contributed by atoms with Gasteiger partial charge in [0, 0.05) is 10.8 Å². The Labute approximate surface area is 145 Å². The number of carbonyl (C=O) groups excluding carboxylic acids is 1. The summed E-state index contributed by atoms with van der Waals surface area (Å²) in [6.07, 6.45) is 0. The lowest BCUT2D eigenvalue weighted by molar-refractivity contribution is 0.0525. The zero-order chi connectivity index (χ0) is 17.4. The molecule has 25 heavy (non-hydrogen) atoms. The van der Waals surface area contributed by atoms with E-state index in [1.54, 1.807) is 6.07 Å². The largest absolute Gasteiger partial charge is 0.462 e. The Kier molecular flexibility index (Phi) is 3.77. The highest BCUT2D eigenvalue weighted by Crippen LogP contribution is 2.40. The highest BCUT2D eigenvalue weighted by atomic mass is 16.5. The van der Waals surface area contributed by atoms with Crippen LogP contribution in [0, 0.1) is 6.92 Å². The number of fused-ring (bicyclic) bond motifs is 3. The Balaban J connectivity index is 2.14. The molecule has 0 aliphatic rings. The maximum absolute atomic E-state index is 12.4. The van der Waals surface area contributed by atoms with Gasteiger partial charge >= 0.3 is 5.97 Å². The van der Waals surface area contributed by atoms with E-state index in [9.17, 15) is 4.79 Å². The molecule has 3 aromatic carbocycles. The molecule has 0 saturated carbocycles. The van der Waals surface area contributed by atoms with Crippen molar-refractivity contribution in [2.75, 3.05) is 6.61 Å². The van der Waals surface area contributed by atoms with E-state index in [-0.39, 0.29) is 5.97 Å². The maximum atomic E-state index is 12.4. The number of ether oxygens (including phenoxy) is 1. The highest BCUT2D eigenvalue weighted by Gasteiger charge is 2.21. The minimum atomic E-state index is -0.320. The molecule has 0 amide bonds. The molecule has 4 rings (SSSR count). The van der Waals surface area contributed by atoms with Gasteiger partial charge in [-0.15, -0.1) is 0 Å². The lowest BCUT2D eigenvalue weighted by Gasteiger charge is -2.13. The number of para-hydroxylation sites is 1. The molecule has 0 atom stereocenters. The Bertz CT molecular complexity index is 1070. The van der Waals surface area contributed by atoms with E-state index < -0.39 is 0 Å². The average molecular weight is 330 g/mol. The first kappa shape index (κ1) is 15.5.